The topological polar surface area (TPSA) is 157 Å². The van der Waals surface area contributed by atoms with Crippen molar-refractivity contribution in [3.63, 3.8) is 0 Å². The second kappa shape index (κ2) is 8.79. The molecule has 0 aliphatic rings. The van der Waals surface area contributed by atoms with Crippen molar-refractivity contribution in [2.24, 2.45) is 5.73 Å². The monoisotopic (exact) mass is 331 g/mol. The molecule has 1 aromatic rings. The molecule has 0 aliphatic carbocycles. The zero-order valence-electron chi connectivity index (χ0n) is 12.6. The average molecular weight is 331 g/mol. The molecule has 1 atom stereocenters. The molecule has 0 bridgehead atoms. The number of guanidine groups is 1. The lowest BCUT2D eigenvalue weighted by atomic mass is 10.2. The number of carboxylic acids is 1. The highest BCUT2D eigenvalue weighted by Gasteiger charge is 2.19. The lowest BCUT2D eigenvalue weighted by Gasteiger charge is -2.12. The van der Waals surface area contributed by atoms with E-state index in [9.17, 15) is 14.4 Å². The molecule has 0 aromatic heterocycles. The van der Waals surface area contributed by atoms with Crippen molar-refractivity contribution < 1.29 is 19.5 Å². The normalized spacial score (nSPS) is 10.8. The molecule has 0 radical (unpaired) electrons. The quantitative estimate of drug-likeness (QED) is 0.221. The fourth-order valence-corrected chi connectivity index (χ4v) is 1.72. The minimum Gasteiger partial charge on any atom is -0.480 e. The first-order chi connectivity index (χ1) is 11.3. The molecular weight excluding hydrogens is 314 g/mol. The van der Waals surface area contributed by atoms with Crippen molar-refractivity contribution in [2.45, 2.75) is 12.5 Å². The van der Waals surface area contributed by atoms with Gasteiger partial charge in [0.2, 0.25) is 5.91 Å². The van der Waals surface area contributed by atoms with Crippen LogP contribution in [0.25, 0.3) is 0 Å². The predicted octanol–water partition coefficient (Wildman–Crippen LogP) is -0.686. The van der Waals surface area contributed by atoms with Gasteiger partial charge in [0, 0.05) is 17.7 Å². The van der Waals surface area contributed by atoms with Gasteiger partial charge in [-0.15, -0.1) is 12.3 Å². The number of nitrogens with one attached hydrogen (secondary N) is 4. The fourth-order valence-electron chi connectivity index (χ4n) is 1.72. The number of carboxylic acid groups (broad SMARTS) is 1. The Balaban J connectivity index is 2.59. The van der Waals surface area contributed by atoms with Gasteiger partial charge in [0.1, 0.15) is 6.04 Å². The van der Waals surface area contributed by atoms with Crippen LogP contribution in [0.2, 0.25) is 0 Å². The van der Waals surface area contributed by atoms with Gasteiger partial charge >= 0.3 is 5.97 Å². The zero-order valence-corrected chi connectivity index (χ0v) is 12.6. The second-order valence-electron chi connectivity index (χ2n) is 4.67. The molecule has 0 spiro atoms. The largest absolute Gasteiger partial charge is 0.480 e. The van der Waals surface area contributed by atoms with Crippen molar-refractivity contribution in [3.8, 4) is 12.3 Å². The molecule has 24 heavy (non-hydrogen) atoms. The number of benzene rings is 1. The van der Waals surface area contributed by atoms with Crippen LogP contribution in [0.1, 0.15) is 16.8 Å². The van der Waals surface area contributed by atoms with Gasteiger partial charge in [0.05, 0.1) is 6.54 Å². The molecule has 1 aromatic carbocycles. The smallest absolute Gasteiger partial charge is 0.327 e. The molecule has 9 heteroatoms. The molecule has 1 rings (SSSR count). The number of amides is 2. The maximum Gasteiger partial charge on any atom is 0.327 e. The number of carbonyl (C=O) groups excluding carboxylic acids is 2. The van der Waals surface area contributed by atoms with Crippen LogP contribution in [0.3, 0.4) is 0 Å². The molecule has 0 saturated heterocycles. The third-order valence-corrected chi connectivity index (χ3v) is 2.77. The molecule has 0 aliphatic heterocycles. The molecule has 0 heterocycles. The standard InChI is InChI=1S/C15H17N5O4/c1-2-4-11(14(23)24)20-12(21)8-18-13(22)9-5-3-6-10(7-9)19-15(16)17/h1,3,5-7,11H,4,8H2,(H,18,22)(H,20,21)(H,23,24)(H4,16,17,19). The van der Waals surface area contributed by atoms with Gasteiger partial charge in [0.15, 0.2) is 5.96 Å². The van der Waals surface area contributed by atoms with Crippen LogP contribution in [-0.4, -0.2) is 41.4 Å². The third kappa shape index (κ3) is 6.07. The number of aliphatic carboxylic acids is 1. The molecular formula is C15H17N5O4. The zero-order chi connectivity index (χ0) is 18.1. The summed E-state index contributed by atoms with van der Waals surface area (Å²) in [4.78, 5) is 34.5. The Morgan fingerprint density at radius 3 is 2.67 bits per heavy atom. The number of nitrogens with two attached hydrogens (primary N) is 1. The summed E-state index contributed by atoms with van der Waals surface area (Å²) in [6.45, 7) is -0.405. The minimum absolute atomic E-state index is 0.159. The van der Waals surface area contributed by atoms with Crippen LogP contribution in [0, 0.1) is 17.8 Å². The second-order valence-corrected chi connectivity index (χ2v) is 4.67. The van der Waals surface area contributed by atoms with E-state index in [1.807, 2.05) is 0 Å². The first-order valence-corrected chi connectivity index (χ1v) is 6.78. The van der Waals surface area contributed by atoms with Crippen molar-refractivity contribution in [3.05, 3.63) is 29.8 Å². The number of carbonyl (C=O) groups is 3. The van der Waals surface area contributed by atoms with Gasteiger partial charge in [-0.1, -0.05) is 6.07 Å². The Bertz CT molecular complexity index is 695. The summed E-state index contributed by atoms with van der Waals surface area (Å²) in [6.07, 6.45) is 4.87. The van der Waals surface area contributed by atoms with Crippen LogP contribution in [0.5, 0.6) is 0 Å². The van der Waals surface area contributed by atoms with Gasteiger partial charge < -0.3 is 26.8 Å². The molecule has 1 unspecified atom stereocenters. The highest BCUT2D eigenvalue weighted by atomic mass is 16.4. The van der Waals surface area contributed by atoms with E-state index in [1.54, 1.807) is 12.1 Å². The van der Waals surface area contributed by atoms with Crippen LogP contribution < -0.4 is 21.7 Å². The van der Waals surface area contributed by atoms with E-state index in [1.165, 1.54) is 12.1 Å². The van der Waals surface area contributed by atoms with Crippen molar-refractivity contribution >= 4 is 29.4 Å². The summed E-state index contributed by atoms with van der Waals surface area (Å²) in [7, 11) is 0. The SMILES string of the molecule is C#CCC(NC(=O)CNC(=O)c1cccc(NC(=N)N)c1)C(=O)O. The Morgan fingerprint density at radius 1 is 1.38 bits per heavy atom. The molecule has 7 N–H and O–H groups in total. The van der Waals surface area contributed by atoms with Gasteiger partial charge in [-0.3, -0.25) is 15.0 Å². The van der Waals surface area contributed by atoms with Gasteiger partial charge in [-0.05, 0) is 18.2 Å². The van der Waals surface area contributed by atoms with Crippen LogP contribution in [0.15, 0.2) is 24.3 Å². The van der Waals surface area contributed by atoms with E-state index in [-0.39, 0.29) is 17.9 Å². The molecule has 9 nitrogen and oxygen atoms in total. The van der Waals surface area contributed by atoms with Crippen LogP contribution in [0.4, 0.5) is 5.69 Å². The highest BCUT2D eigenvalue weighted by Crippen LogP contribution is 2.10. The molecule has 0 fully saturated rings. The predicted molar refractivity (Wildman–Crippen MR) is 87.3 cm³/mol. The maximum atomic E-state index is 12.0. The van der Waals surface area contributed by atoms with E-state index in [0.29, 0.717) is 5.69 Å². The van der Waals surface area contributed by atoms with Gasteiger partial charge in [0.25, 0.3) is 5.91 Å². The summed E-state index contributed by atoms with van der Waals surface area (Å²) < 4.78 is 0. The Labute approximate surface area is 138 Å². The molecule has 126 valence electrons. The summed E-state index contributed by atoms with van der Waals surface area (Å²) >= 11 is 0. The lowest BCUT2D eigenvalue weighted by molar-refractivity contribution is -0.141. The number of terminal acetylenes is 1. The molecule has 2 amide bonds. The minimum atomic E-state index is -1.25. The van der Waals surface area contributed by atoms with Crippen molar-refractivity contribution in [2.75, 3.05) is 11.9 Å². The van der Waals surface area contributed by atoms with E-state index in [0.717, 1.165) is 0 Å². The third-order valence-electron chi connectivity index (χ3n) is 2.77. The van der Waals surface area contributed by atoms with Crippen molar-refractivity contribution in [1.29, 1.82) is 5.41 Å². The molecule has 0 saturated carbocycles. The van der Waals surface area contributed by atoms with Gasteiger partial charge in [-0.25, -0.2) is 4.79 Å². The summed E-state index contributed by atoms with van der Waals surface area (Å²) in [6, 6.07) is 4.95. The first kappa shape index (κ1) is 18.5. The van der Waals surface area contributed by atoms with E-state index in [2.05, 4.69) is 21.9 Å². The Kier molecular flexibility index (Phi) is 6.78. The Morgan fingerprint density at radius 2 is 2.08 bits per heavy atom. The average Bonchev–Trinajstić information content (AvgIpc) is 2.51. The highest BCUT2D eigenvalue weighted by molar-refractivity contribution is 5.98. The Hall–Kier alpha value is -3.54. The summed E-state index contributed by atoms with van der Waals surface area (Å²) in [5, 5.41) is 23.1. The summed E-state index contributed by atoms with van der Waals surface area (Å²) in [5.74, 6) is -0.599. The number of hydrogen-bond acceptors (Lipinski definition) is 4. The van der Waals surface area contributed by atoms with E-state index in [4.69, 9.17) is 22.7 Å². The number of rotatable bonds is 7. The van der Waals surface area contributed by atoms with Crippen LogP contribution >= 0.6 is 0 Å². The van der Waals surface area contributed by atoms with E-state index >= 15 is 0 Å². The number of anilines is 1. The van der Waals surface area contributed by atoms with E-state index < -0.39 is 30.4 Å². The summed E-state index contributed by atoms with van der Waals surface area (Å²) in [5.41, 5.74) is 5.89. The van der Waals surface area contributed by atoms with Crippen LogP contribution in [-0.2, 0) is 9.59 Å². The van der Waals surface area contributed by atoms with Crippen molar-refractivity contribution in [1.82, 2.24) is 10.6 Å². The lowest BCUT2D eigenvalue weighted by Crippen LogP contribution is -2.45. The maximum absolute atomic E-state index is 12.0. The fraction of sp³-hybridized carbons (Fsp3) is 0.200. The number of hydrogen-bond donors (Lipinski definition) is 6. The van der Waals surface area contributed by atoms with Gasteiger partial charge in [-0.2, -0.15) is 0 Å². The first-order valence-electron chi connectivity index (χ1n) is 6.78.